The fourth-order valence-electron chi connectivity index (χ4n) is 3.93. The number of benzene rings is 4. The van der Waals surface area contributed by atoms with Crippen molar-refractivity contribution in [3.63, 3.8) is 0 Å². The zero-order valence-electron chi connectivity index (χ0n) is 16.1. The molecule has 0 N–H and O–H groups in total. The predicted octanol–water partition coefficient (Wildman–Crippen LogP) is 6.37. The van der Waals surface area contributed by atoms with Gasteiger partial charge >= 0.3 is 0 Å². The molecule has 2 atom stereocenters. The van der Waals surface area contributed by atoms with Crippen molar-refractivity contribution in [3.8, 4) is 0 Å². The first-order valence-corrected chi connectivity index (χ1v) is 9.79. The van der Waals surface area contributed by atoms with Crippen molar-refractivity contribution in [1.29, 1.82) is 0 Å². The quantitative estimate of drug-likeness (QED) is 0.373. The Labute approximate surface area is 173 Å². The molecular formula is C25H19F2N3. The van der Waals surface area contributed by atoms with Gasteiger partial charge in [0.25, 0.3) is 0 Å². The van der Waals surface area contributed by atoms with E-state index in [0.29, 0.717) is 26.9 Å². The lowest BCUT2D eigenvalue weighted by Crippen LogP contribution is -2.43. The molecule has 1 aliphatic rings. The van der Waals surface area contributed by atoms with Gasteiger partial charge in [0.05, 0.1) is 0 Å². The molecule has 1 heterocycles. The van der Waals surface area contributed by atoms with Crippen LogP contribution in [0.2, 0.25) is 0 Å². The maximum Gasteiger partial charge on any atom is 0.171 e. The minimum absolute atomic E-state index is 0.108. The first-order valence-electron chi connectivity index (χ1n) is 9.79. The van der Waals surface area contributed by atoms with Gasteiger partial charge in [-0.05, 0) is 16.3 Å². The first-order chi connectivity index (χ1) is 14.7. The van der Waals surface area contributed by atoms with Crippen molar-refractivity contribution < 1.29 is 8.96 Å². The minimum atomic E-state index is -1.25. The van der Waals surface area contributed by atoms with E-state index >= 15 is 8.96 Å². The van der Waals surface area contributed by atoms with Crippen molar-refractivity contribution in [2.45, 2.75) is 12.3 Å². The van der Waals surface area contributed by atoms with Crippen molar-refractivity contribution in [3.05, 3.63) is 120 Å². The summed E-state index contributed by atoms with van der Waals surface area (Å²) in [5, 5.41) is 2.78. The van der Waals surface area contributed by atoms with Crippen LogP contribution in [0.3, 0.4) is 0 Å². The van der Waals surface area contributed by atoms with E-state index in [2.05, 4.69) is 4.99 Å². The summed E-state index contributed by atoms with van der Waals surface area (Å²) in [6.45, 7) is 0. The zero-order valence-corrected chi connectivity index (χ0v) is 16.1. The lowest BCUT2D eigenvalue weighted by molar-refractivity contribution is -0.165. The number of hydrogen-bond acceptors (Lipinski definition) is 3. The van der Waals surface area contributed by atoms with E-state index in [4.69, 9.17) is 0 Å². The van der Waals surface area contributed by atoms with Crippen LogP contribution in [0.15, 0.2) is 108 Å². The summed E-state index contributed by atoms with van der Waals surface area (Å²) in [5.74, 6) is 0.108. The Hall–Kier alpha value is -3.57. The molecule has 5 heteroatoms. The van der Waals surface area contributed by atoms with Gasteiger partial charge in [-0.25, -0.2) is 4.99 Å². The minimum Gasteiger partial charge on any atom is -0.239 e. The Kier molecular flexibility index (Phi) is 4.73. The Morgan fingerprint density at radius 3 is 2.07 bits per heavy atom. The molecule has 0 amide bonds. The van der Waals surface area contributed by atoms with E-state index in [1.54, 1.807) is 36.4 Å². The summed E-state index contributed by atoms with van der Waals surface area (Å²) in [6.07, 6.45) is -2.23. The van der Waals surface area contributed by atoms with Crippen LogP contribution < -0.4 is 0 Å². The smallest absolute Gasteiger partial charge is 0.171 e. The molecule has 2 unspecified atom stereocenters. The van der Waals surface area contributed by atoms with E-state index in [-0.39, 0.29) is 5.84 Å². The molecule has 0 fully saturated rings. The van der Waals surface area contributed by atoms with Crippen LogP contribution >= 0.6 is 0 Å². The Bertz CT molecular complexity index is 1190. The van der Waals surface area contributed by atoms with Crippen LogP contribution in [0.25, 0.3) is 10.8 Å². The Balaban J connectivity index is 1.71. The second-order valence-electron chi connectivity index (χ2n) is 7.20. The number of rotatable bonds is 3. The number of hydrogen-bond donors (Lipinski definition) is 0. The molecule has 3 nitrogen and oxygen atoms in total. The molecule has 0 aromatic heterocycles. The maximum absolute atomic E-state index is 15.8. The summed E-state index contributed by atoms with van der Waals surface area (Å²) in [6, 6.07) is 31.3. The molecule has 148 valence electrons. The number of halogens is 2. The number of fused-ring (bicyclic) bond motifs is 1. The molecule has 4 aromatic rings. The van der Waals surface area contributed by atoms with Crippen LogP contribution in [-0.2, 0) is 0 Å². The van der Waals surface area contributed by atoms with Crippen LogP contribution in [0.4, 0.5) is 8.96 Å². The fourth-order valence-corrected chi connectivity index (χ4v) is 3.93. The zero-order chi connectivity index (χ0) is 20.5. The van der Waals surface area contributed by atoms with Crippen molar-refractivity contribution in [1.82, 2.24) is 10.2 Å². The molecule has 4 aromatic carbocycles. The highest BCUT2D eigenvalue weighted by molar-refractivity contribution is 5.99. The Morgan fingerprint density at radius 2 is 1.30 bits per heavy atom. The van der Waals surface area contributed by atoms with Gasteiger partial charge in [0.15, 0.2) is 18.2 Å². The Morgan fingerprint density at radius 1 is 0.667 bits per heavy atom. The average Bonchev–Trinajstić information content (AvgIpc) is 2.80. The highest BCUT2D eigenvalue weighted by atomic mass is 19.2. The van der Waals surface area contributed by atoms with Crippen LogP contribution in [0, 0.1) is 0 Å². The van der Waals surface area contributed by atoms with Crippen LogP contribution in [0.1, 0.15) is 29.0 Å². The summed E-state index contributed by atoms with van der Waals surface area (Å²) >= 11 is 0. The third kappa shape index (κ3) is 3.13. The van der Waals surface area contributed by atoms with Crippen molar-refractivity contribution >= 4 is 16.6 Å². The molecule has 0 spiro atoms. The number of aliphatic imine (C=N–C) groups is 1. The monoisotopic (exact) mass is 399 g/mol. The lowest BCUT2D eigenvalue weighted by atomic mass is 10.0. The van der Waals surface area contributed by atoms with Crippen LogP contribution in [-0.4, -0.2) is 16.1 Å². The van der Waals surface area contributed by atoms with E-state index in [9.17, 15) is 0 Å². The van der Waals surface area contributed by atoms with Gasteiger partial charge in [-0.3, -0.25) is 0 Å². The van der Waals surface area contributed by atoms with Gasteiger partial charge in [0.2, 0.25) is 0 Å². The van der Waals surface area contributed by atoms with Gasteiger partial charge in [-0.15, -0.1) is 4.48 Å². The summed E-state index contributed by atoms with van der Waals surface area (Å²) in [5.41, 5.74) is 1.80. The third-order valence-electron chi connectivity index (χ3n) is 5.36. The molecule has 30 heavy (non-hydrogen) atoms. The SMILES string of the molecule is FN1C(c2ccccc2)=NC(c2cccc3ccccc23)N(F)C1c1ccccc1. The van der Waals surface area contributed by atoms with E-state index < -0.39 is 12.3 Å². The molecular weight excluding hydrogens is 380 g/mol. The number of amidine groups is 1. The molecule has 0 saturated carbocycles. The predicted molar refractivity (Wildman–Crippen MR) is 115 cm³/mol. The van der Waals surface area contributed by atoms with E-state index in [1.165, 1.54) is 0 Å². The van der Waals surface area contributed by atoms with Crippen molar-refractivity contribution in [2.24, 2.45) is 4.99 Å². The van der Waals surface area contributed by atoms with Gasteiger partial charge in [-0.2, -0.15) is 5.12 Å². The van der Waals surface area contributed by atoms with Crippen LogP contribution in [0.5, 0.6) is 0 Å². The molecule has 0 bridgehead atoms. The summed E-state index contributed by atoms with van der Waals surface area (Å²) in [7, 11) is 0. The highest BCUT2D eigenvalue weighted by Crippen LogP contribution is 2.41. The van der Waals surface area contributed by atoms with Gasteiger partial charge < -0.3 is 0 Å². The largest absolute Gasteiger partial charge is 0.239 e. The van der Waals surface area contributed by atoms with Gasteiger partial charge in [0.1, 0.15) is 0 Å². The summed E-state index contributed by atoms with van der Waals surface area (Å²) in [4.78, 5) is 4.53. The summed E-state index contributed by atoms with van der Waals surface area (Å²) < 4.78 is 31.4. The molecule has 5 rings (SSSR count). The molecule has 0 saturated heterocycles. The second kappa shape index (κ2) is 7.69. The van der Waals surface area contributed by atoms with E-state index in [0.717, 1.165) is 10.8 Å². The fraction of sp³-hybridized carbons (Fsp3) is 0.0800. The average molecular weight is 399 g/mol. The standard InChI is InChI=1S/C25H19F2N3/c26-29-23(19-11-3-1-4-12-19)28-24(30(27)25(29)20-13-5-2-6-14-20)22-17-9-15-18-10-7-8-16-21(18)22/h1-17,24-25H. The molecule has 0 radical (unpaired) electrons. The molecule has 0 aliphatic carbocycles. The third-order valence-corrected chi connectivity index (χ3v) is 5.36. The topological polar surface area (TPSA) is 18.8 Å². The lowest BCUT2D eigenvalue weighted by Gasteiger charge is -2.38. The number of nitrogens with zero attached hydrogens (tertiary/aromatic N) is 3. The second-order valence-corrected chi connectivity index (χ2v) is 7.20. The maximum atomic E-state index is 15.8. The van der Waals surface area contributed by atoms with Gasteiger partial charge in [-0.1, -0.05) is 113 Å². The molecule has 1 aliphatic heterocycles. The van der Waals surface area contributed by atoms with Gasteiger partial charge in [0, 0.05) is 11.1 Å². The first kappa shape index (κ1) is 18.5. The van der Waals surface area contributed by atoms with Crippen molar-refractivity contribution in [2.75, 3.05) is 0 Å². The normalized spacial score (nSPS) is 19.7. The highest BCUT2D eigenvalue weighted by Gasteiger charge is 2.41. The van der Waals surface area contributed by atoms with E-state index in [1.807, 2.05) is 66.7 Å².